The van der Waals surface area contributed by atoms with Crippen LogP contribution in [0.1, 0.15) is 17.5 Å². The summed E-state index contributed by atoms with van der Waals surface area (Å²) in [6.45, 7) is 6.60. The van der Waals surface area contributed by atoms with E-state index in [-0.39, 0.29) is 18.0 Å². The smallest absolute Gasteiger partial charge is 0.123 e. The van der Waals surface area contributed by atoms with Gasteiger partial charge in [-0.1, -0.05) is 12.1 Å². The lowest BCUT2D eigenvalue weighted by atomic mass is 10.1. The Morgan fingerprint density at radius 2 is 1.62 bits per heavy atom. The van der Waals surface area contributed by atoms with E-state index in [0.717, 1.165) is 63.5 Å². The Balaban J connectivity index is 1.19. The van der Waals surface area contributed by atoms with Crippen LogP contribution in [0.5, 0.6) is 0 Å². The summed E-state index contributed by atoms with van der Waals surface area (Å²) >= 11 is 0. The molecule has 5 nitrogen and oxygen atoms in total. The Hall–Kier alpha value is -2.46. The molecule has 0 saturated carbocycles. The molecule has 0 aliphatic carbocycles. The van der Waals surface area contributed by atoms with Gasteiger partial charge in [0.2, 0.25) is 0 Å². The van der Waals surface area contributed by atoms with E-state index in [2.05, 4.69) is 21.2 Å². The van der Waals surface area contributed by atoms with Gasteiger partial charge >= 0.3 is 0 Å². The van der Waals surface area contributed by atoms with E-state index in [0.29, 0.717) is 5.56 Å². The molecule has 4 rings (SSSR count). The minimum atomic E-state index is -0.183. The van der Waals surface area contributed by atoms with Crippen LogP contribution in [0.25, 0.3) is 0 Å². The molecule has 29 heavy (non-hydrogen) atoms. The predicted octanol–water partition coefficient (Wildman–Crippen LogP) is 3.08. The number of hydrogen-bond acceptors (Lipinski definition) is 5. The number of benzene rings is 2. The number of morpholine rings is 2. The number of halogens is 1. The number of fused-ring (bicyclic) bond motifs is 2. The predicted molar refractivity (Wildman–Crippen MR) is 111 cm³/mol. The number of ether oxygens (including phenoxy) is 1. The summed E-state index contributed by atoms with van der Waals surface area (Å²) in [5.41, 5.74) is 2.89. The molecule has 2 atom stereocenters. The quantitative estimate of drug-likeness (QED) is 0.732. The summed E-state index contributed by atoms with van der Waals surface area (Å²) in [7, 11) is 0. The molecule has 2 aliphatic rings. The normalized spacial score (nSPS) is 22.2. The van der Waals surface area contributed by atoms with Gasteiger partial charge in [0.05, 0.1) is 23.8 Å². The average Bonchev–Trinajstić information content (AvgIpc) is 2.73. The monoisotopic (exact) mass is 394 g/mol. The van der Waals surface area contributed by atoms with E-state index in [1.54, 1.807) is 0 Å². The number of hydrogen-bond donors (Lipinski definition) is 1. The second kappa shape index (κ2) is 9.36. The van der Waals surface area contributed by atoms with Crippen molar-refractivity contribution in [3.63, 3.8) is 0 Å². The molecule has 2 aromatic carbocycles. The molecule has 1 N–H and O–H groups in total. The maximum Gasteiger partial charge on any atom is 0.123 e. The third-order valence-corrected chi connectivity index (χ3v) is 5.55. The third kappa shape index (κ3) is 5.54. The summed E-state index contributed by atoms with van der Waals surface area (Å²) in [6, 6.07) is 16.5. The van der Waals surface area contributed by atoms with E-state index >= 15 is 0 Å². The van der Waals surface area contributed by atoms with Crippen molar-refractivity contribution >= 4 is 5.69 Å². The topological polar surface area (TPSA) is 51.5 Å². The van der Waals surface area contributed by atoms with Crippen LogP contribution in [0.4, 0.5) is 10.1 Å². The largest absolute Gasteiger partial charge is 0.385 e. The van der Waals surface area contributed by atoms with Gasteiger partial charge in [-0.15, -0.1) is 0 Å². The Labute approximate surface area is 171 Å². The Bertz CT molecular complexity index is 819. The van der Waals surface area contributed by atoms with Crippen molar-refractivity contribution in [2.75, 3.05) is 44.6 Å². The Morgan fingerprint density at radius 3 is 2.28 bits per heavy atom. The van der Waals surface area contributed by atoms with Gasteiger partial charge < -0.3 is 10.1 Å². The van der Waals surface area contributed by atoms with Crippen molar-refractivity contribution in [1.29, 1.82) is 5.26 Å². The molecule has 2 fully saturated rings. The first-order valence-electron chi connectivity index (χ1n) is 10.3. The van der Waals surface area contributed by atoms with Crippen LogP contribution in [0.3, 0.4) is 0 Å². The van der Waals surface area contributed by atoms with Crippen LogP contribution in [-0.4, -0.2) is 61.3 Å². The van der Waals surface area contributed by atoms with Gasteiger partial charge in [-0.2, -0.15) is 5.26 Å². The van der Waals surface area contributed by atoms with Gasteiger partial charge in [-0.25, -0.2) is 4.39 Å². The Morgan fingerprint density at radius 1 is 0.966 bits per heavy atom. The highest BCUT2D eigenvalue weighted by Gasteiger charge is 2.34. The Kier molecular flexibility index (Phi) is 6.40. The minimum absolute atomic E-state index is 0.183. The molecular formula is C23H27FN4O. The summed E-state index contributed by atoms with van der Waals surface area (Å²) in [4.78, 5) is 4.93. The highest BCUT2D eigenvalue weighted by molar-refractivity contribution is 5.47. The van der Waals surface area contributed by atoms with Crippen LogP contribution in [0.2, 0.25) is 0 Å². The van der Waals surface area contributed by atoms with Gasteiger partial charge in [-0.3, -0.25) is 9.80 Å². The van der Waals surface area contributed by atoms with E-state index < -0.39 is 0 Å². The highest BCUT2D eigenvalue weighted by Crippen LogP contribution is 2.21. The lowest BCUT2D eigenvalue weighted by Gasteiger charge is -2.46. The van der Waals surface area contributed by atoms with Crippen molar-refractivity contribution in [3.05, 3.63) is 65.5 Å². The fraction of sp³-hybridized carbons (Fsp3) is 0.435. The van der Waals surface area contributed by atoms with Crippen molar-refractivity contribution in [3.8, 4) is 6.07 Å². The van der Waals surface area contributed by atoms with Crippen molar-refractivity contribution in [2.24, 2.45) is 0 Å². The number of nitriles is 1. The van der Waals surface area contributed by atoms with Crippen molar-refractivity contribution in [2.45, 2.75) is 25.2 Å². The first-order valence-corrected chi connectivity index (χ1v) is 10.3. The second-order valence-corrected chi connectivity index (χ2v) is 7.93. The van der Waals surface area contributed by atoms with Crippen LogP contribution in [0.15, 0.2) is 48.5 Å². The van der Waals surface area contributed by atoms with E-state index in [4.69, 9.17) is 10.00 Å². The summed E-state index contributed by atoms with van der Waals surface area (Å²) in [6.07, 6.45) is 1.56. The number of nitrogens with zero attached hydrogens (tertiary/aromatic N) is 3. The van der Waals surface area contributed by atoms with Crippen LogP contribution in [0, 0.1) is 17.1 Å². The van der Waals surface area contributed by atoms with Crippen LogP contribution in [-0.2, 0) is 11.3 Å². The second-order valence-electron chi connectivity index (χ2n) is 7.93. The third-order valence-electron chi connectivity index (χ3n) is 5.55. The minimum Gasteiger partial charge on any atom is -0.385 e. The number of anilines is 1. The molecule has 0 spiro atoms. The summed E-state index contributed by atoms with van der Waals surface area (Å²) in [5.74, 6) is -0.183. The molecule has 2 bridgehead atoms. The molecule has 0 amide bonds. The lowest BCUT2D eigenvalue weighted by molar-refractivity contribution is -0.140. The fourth-order valence-corrected chi connectivity index (χ4v) is 4.22. The highest BCUT2D eigenvalue weighted by atomic mass is 19.1. The molecule has 0 radical (unpaired) electrons. The fourth-order valence-electron chi connectivity index (χ4n) is 4.22. The van der Waals surface area contributed by atoms with E-state index in [1.165, 1.54) is 12.1 Å². The zero-order valence-corrected chi connectivity index (χ0v) is 16.6. The average molecular weight is 394 g/mol. The maximum atomic E-state index is 13.1. The molecule has 152 valence electrons. The molecule has 2 aliphatic heterocycles. The first-order chi connectivity index (χ1) is 14.2. The van der Waals surface area contributed by atoms with E-state index in [9.17, 15) is 4.39 Å². The van der Waals surface area contributed by atoms with Gasteiger partial charge in [0.1, 0.15) is 5.82 Å². The van der Waals surface area contributed by atoms with Crippen molar-refractivity contribution < 1.29 is 9.13 Å². The SMILES string of the molecule is N#Cc1ccc(NCCCN2CC3CN(Cc4ccc(F)cc4)CC(C2)O3)cc1. The zero-order chi connectivity index (χ0) is 20.1. The summed E-state index contributed by atoms with van der Waals surface area (Å²) in [5, 5.41) is 12.3. The molecule has 0 aromatic heterocycles. The maximum absolute atomic E-state index is 13.1. The molecule has 2 unspecified atom stereocenters. The van der Waals surface area contributed by atoms with Crippen LogP contribution >= 0.6 is 0 Å². The van der Waals surface area contributed by atoms with Crippen LogP contribution < -0.4 is 5.32 Å². The lowest BCUT2D eigenvalue weighted by Crippen LogP contribution is -2.59. The number of rotatable bonds is 7. The molecule has 6 heteroatoms. The number of nitrogens with one attached hydrogen (secondary N) is 1. The molecular weight excluding hydrogens is 367 g/mol. The van der Waals surface area contributed by atoms with Gasteiger partial charge in [0, 0.05) is 51.5 Å². The molecule has 2 aromatic rings. The van der Waals surface area contributed by atoms with Gasteiger partial charge in [0.15, 0.2) is 0 Å². The van der Waals surface area contributed by atoms with E-state index in [1.807, 2.05) is 36.4 Å². The molecule has 2 heterocycles. The van der Waals surface area contributed by atoms with Gasteiger partial charge in [0.25, 0.3) is 0 Å². The van der Waals surface area contributed by atoms with Gasteiger partial charge in [-0.05, 0) is 48.4 Å². The first kappa shape index (κ1) is 19.8. The zero-order valence-electron chi connectivity index (χ0n) is 16.6. The molecule has 2 saturated heterocycles. The van der Waals surface area contributed by atoms with Crippen molar-refractivity contribution in [1.82, 2.24) is 9.80 Å². The summed E-state index contributed by atoms with van der Waals surface area (Å²) < 4.78 is 19.2. The standard InChI is InChI=1S/C23H27FN4O/c24-20-6-2-19(3-7-20)13-28-16-22-14-27(15-23(17-28)29-22)11-1-10-26-21-8-4-18(12-25)5-9-21/h2-9,22-23,26H,1,10-11,13-17H2.